The van der Waals surface area contributed by atoms with Gasteiger partial charge in [0, 0.05) is 0 Å². The second kappa shape index (κ2) is 5.37. The van der Waals surface area contributed by atoms with Gasteiger partial charge in [0.05, 0.1) is 18.2 Å². The molecule has 0 amide bonds. The monoisotopic (exact) mass is 301 g/mol. The second-order valence-corrected chi connectivity index (χ2v) is 5.30. The van der Waals surface area contributed by atoms with Crippen LogP contribution in [-0.4, -0.2) is 25.5 Å². The van der Waals surface area contributed by atoms with Gasteiger partial charge in [0.1, 0.15) is 5.82 Å². The Morgan fingerprint density at radius 1 is 1.30 bits per heavy atom. The van der Waals surface area contributed by atoms with Crippen LogP contribution in [0.15, 0.2) is 35.4 Å². The number of hydrogen-bond donors (Lipinski definition) is 1. The van der Waals surface area contributed by atoms with Crippen molar-refractivity contribution in [2.45, 2.75) is 4.90 Å². The summed E-state index contributed by atoms with van der Waals surface area (Å²) in [5.41, 5.74) is 0. The molecule has 9 heteroatoms. The Balaban J connectivity index is 2.38. The average molecular weight is 301 g/mol. The molecule has 0 unspecified atom stereocenters. The fourth-order valence-corrected chi connectivity index (χ4v) is 2.42. The summed E-state index contributed by atoms with van der Waals surface area (Å²) >= 11 is 0. The minimum absolute atomic E-state index is 0.293. The molecule has 0 saturated heterocycles. The molecule has 1 heterocycles. The second-order valence-electron chi connectivity index (χ2n) is 3.61. The molecule has 1 aromatic carbocycles. The van der Waals surface area contributed by atoms with E-state index in [-0.39, 0.29) is 16.6 Å². The largest absolute Gasteiger partial charge is 0.478 e. The van der Waals surface area contributed by atoms with Crippen molar-refractivity contribution in [3.63, 3.8) is 0 Å². The standard InChI is InChI=1S/C11H9F2N3O3S/c1-19-11-10(14-6-9(13)15-11)16-20(17,18)8-4-2-3-7(12)5-8/h2-6H,1H3,(H,14,16). The van der Waals surface area contributed by atoms with E-state index in [1.165, 1.54) is 19.2 Å². The Morgan fingerprint density at radius 2 is 2.05 bits per heavy atom. The van der Waals surface area contributed by atoms with Gasteiger partial charge in [-0.15, -0.1) is 0 Å². The fraction of sp³-hybridized carbons (Fsp3) is 0.0909. The summed E-state index contributed by atoms with van der Waals surface area (Å²) in [7, 11) is -2.89. The molecule has 0 saturated carbocycles. The van der Waals surface area contributed by atoms with Gasteiger partial charge in [-0.2, -0.15) is 9.37 Å². The van der Waals surface area contributed by atoms with Crippen molar-refractivity contribution in [2.75, 3.05) is 11.8 Å². The van der Waals surface area contributed by atoms with Crippen molar-refractivity contribution < 1.29 is 21.9 Å². The van der Waals surface area contributed by atoms with Gasteiger partial charge in [0.25, 0.3) is 15.9 Å². The average Bonchev–Trinajstić information content (AvgIpc) is 2.40. The molecule has 0 radical (unpaired) electrons. The van der Waals surface area contributed by atoms with Crippen LogP contribution in [-0.2, 0) is 10.0 Å². The van der Waals surface area contributed by atoms with Crippen molar-refractivity contribution in [1.82, 2.24) is 9.97 Å². The minimum Gasteiger partial charge on any atom is -0.478 e. The molecule has 0 aliphatic carbocycles. The lowest BCUT2D eigenvalue weighted by Gasteiger charge is -2.09. The van der Waals surface area contributed by atoms with Gasteiger partial charge in [-0.25, -0.2) is 17.8 Å². The summed E-state index contributed by atoms with van der Waals surface area (Å²) in [4.78, 5) is 6.57. The van der Waals surface area contributed by atoms with Crippen molar-refractivity contribution in [3.05, 3.63) is 42.2 Å². The fourth-order valence-electron chi connectivity index (χ4n) is 1.38. The van der Waals surface area contributed by atoms with E-state index in [1.807, 2.05) is 4.72 Å². The van der Waals surface area contributed by atoms with Gasteiger partial charge in [0.15, 0.2) is 0 Å². The normalized spacial score (nSPS) is 11.2. The van der Waals surface area contributed by atoms with Gasteiger partial charge in [-0.05, 0) is 18.2 Å². The van der Waals surface area contributed by atoms with Crippen LogP contribution in [0.3, 0.4) is 0 Å². The van der Waals surface area contributed by atoms with E-state index in [0.717, 1.165) is 18.3 Å². The zero-order valence-electron chi connectivity index (χ0n) is 10.2. The first-order valence-electron chi connectivity index (χ1n) is 5.27. The number of nitrogens with one attached hydrogen (secondary N) is 1. The van der Waals surface area contributed by atoms with E-state index in [2.05, 4.69) is 9.97 Å². The summed E-state index contributed by atoms with van der Waals surface area (Å²) in [6.45, 7) is 0. The molecule has 6 nitrogen and oxygen atoms in total. The molecule has 0 aliphatic heterocycles. The van der Waals surface area contributed by atoms with Gasteiger partial charge < -0.3 is 4.74 Å². The highest BCUT2D eigenvalue weighted by Crippen LogP contribution is 2.22. The third kappa shape index (κ3) is 2.99. The van der Waals surface area contributed by atoms with Crippen LogP contribution in [0.2, 0.25) is 0 Å². The molecule has 1 N–H and O–H groups in total. The van der Waals surface area contributed by atoms with Crippen molar-refractivity contribution in [3.8, 4) is 5.88 Å². The van der Waals surface area contributed by atoms with E-state index in [9.17, 15) is 17.2 Å². The number of ether oxygens (including phenoxy) is 1. The summed E-state index contributed by atoms with van der Waals surface area (Å²) in [5, 5.41) is 0. The molecule has 0 atom stereocenters. The summed E-state index contributed by atoms with van der Waals surface area (Å²) in [5.74, 6) is -2.25. The number of methoxy groups -OCH3 is 1. The number of rotatable bonds is 4. The smallest absolute Gasteiger partial charge is 0.263 e. The first-order valence-corrected chi connectivity index (χ1v) is 6.75. The summed E-state index contributed by atoms with van der Waals surface area (Å²) < 4.78 is 56.7. The molecule has 20 heavy (non-hydrogen) atoms. The molecule has 0 aliphatic rings. The number of benzene rings is 1. The van der Waals surface area contributed by atoms with Crippen LogP contribution in [0.4, 0.5) is 14.6 Å². The Kier molecular flexibility index (Phi) is 3.79. The maximum Gasteiger partial charge on any atom is 0.263 e. The van der Waals surface area contributed by atoms with Crippen molar-refractivity contribution in [2.24, 2.45) is 0 Å². The third-order valence-electron chi connectivity index (χ3n) is 2.24. The van der Waals surface area contributed by atoms with Crippen molar-refractivity contribution >= 4 is 15.8 Å². The first-order chi connectivity index (χ1) is 9.42. The topological polar surface area (TPSA) is 81.2 Å². The predicted octanol–water partition coefficient (Wildman–Crippen LogP) is 1.56. The number of aromatic nitrogens is 2. The molecule has 0 fully saturated rings. The number of sulfonamides is 1. The lowest BCUT2D eigenvalue weighted by molar-refractivity contribution is 0.387. The van der Waals surface area contributed by atoms with E-state index in [4.69, 9.17) is 4.74 Å². The highest BCUT2D eigenvalue weighted by molar-refractivity contribution is 7.92. The number of anilines is 1. The summed E-state index contributed by atoms with van der Waals surface area (Å²) in [6, 6.07) is 4.40. The minimum atomic E-state index is -4.08. The zero-order chi connectivity index (χ0) is 14.8. The first kappa shape index (κ1) is 14.1. The third-order valence-corrected chi connectivity index (χ3v) is 3.58. The van der Waals surface area contributed by atoms with Gasteiger partial charge in [0.2, 0.25) is 11.8 Å². The molecular formula is C11H9F2N3O3S. The lowest BCUT2D eigenvalue weighted by Crippen LogP contribution is -2.15. The Bertz CT molecular complexity index is 737. The molecule has 2 rings (SSSR count). The van der Waals surface area contributed by atoms with Crippen LogP contribution in [0, 0.1) is 11.8 Å². The molecule has 0 bridgehead atoms. The Hall–Kier alpha value is -2.29. The quantitative estimate of drug-likeness (QED) is 0.927. The zero-order valence-corrected chi connectivity index (χ0v) is 11.0. The molecule has 1 aromatic heterocycles. The van der Waals surface area contributed by atoms with E-state index in [0.29, 0.717) is 0 Å². The number of nitrogens with zero attached hydrogens (tertiary/aromatic N) is 2. The van der Waals surface area contributed by atoms with Crippen LogP contribution in [0.5, 0.6) is 5.88 Å². The molecule has 2 aromatic rings. The van der Waals surface area contributed by atoms with Gasteiger partial charge >= 0.3 is 0 Å². The predicted molar refractivity (Wildman–Crippen MR) is 65.8 cm³/mol. The van der Waals surface area contributed by atoms with Crippen LogP contribution >= 0.6 is 0 Å². The van der Waals surface area contributed by atoms with Crippen LogP contribution < -0.4 is 9.46 Å². The van der Waals surface area contributed by atoms with Crippen LogP contribution in [0.1, 0.15) is 0 Å². The van der Waals surface area contributed by atoms with Crippen molar-refractivity contribution in [1.29, 1.82) is 0 Å². The summed E-state index contributed by atoms with van der Waals surface area (Å²) in [6.07, 6.45) is 0.728. The van der Waals surface area contributed by atoms with Gasteiger partial charge in [-0.3, -0.25) is 4.72 Å². The van der Waals surface area contributed by atoms with E-state index >= 15 is 0 Å². The maximum absolute atomic E-state index is 13.0. The van der Waals surface area contributed by atoms with Crippen LogP contribution in [0.25, 0.3) is 0 Å². The van der Waals surface area contributed by atoms with Gasteiger partial charge in [-0.1, -0.05) is 6.07 Å². The molecular weight excluding hydrogens is 292 g/mol. The number of hydrogen-bond acceptors (Lipinski definition) is 5. The van der Waals surface area contributed by atoms with E-state index < -0.39 is 21.8 Å². The Labute approximate surface area is 113 Å². The SMILES string of the molecule is COc1nc(F)cnc1NS(=O)(=O)c1cccc(F)c1. The van der Waals surface area contributed by atoms with E-state index in [1.54, 1.807) is 0 Å². The maximum atomic E-state index is 13.0. The molecule has 0 spiro atoms. The highest BCUT2D eigenvalue weighted by atomic mass is 32.2. The number of halogens is 2. The lowest BCUT2D eigenvalue weighted by atomic mass is 10.4. The highest BCUT2D eigenvalue weighted by Gasteiger charge is 2.19. The molecule has 106 valence electrons. The Morgan fingerprint density at radius 3 is 2.70 bits per heavy atom.